The molecule has 0 saturated carbocycles. The molecule has 4 N–H and O–H groups in total. The fraction of sp³-hybridized carbons (Fsp3) is 0.316. The first-order valence-corrected chi connectivity index (χ1v) is 12.1. The smallest absolute Gasteiger partial charge is 0.258 e. The zero-order valence-electron chi connectivity index (χ0n) is 16.9. The molecule has 0 aromatic heterocycles. The minimum atomic E-state index is -3.76. The van der Waals surface area contributed by atoms with Crippen molar-refractivity contribution in [3.63, 3.8) is 0 Å². The molecule has 2 aromatic rings. The highest BCUT2D eigenvalue weighted by Gasteiger charge is 2.17. The van der Waals surface area contributed by atoms with Crippen molar-refractivity contribution in [1.82, 2.24) is 10.0 Å². The van der Waals surface area contributed by atoms with E-state index in [1.54, 1.807) is 32.9 Å². The van der Waals surface area contributed by atoms with E-state index in [1.807, 2.05) is 0 Å². The molecule has 0 bridgehead atoms. The summed E-state index contributed by atoms with van der Waals surface area (Å²) in [7, 11) is -7.37. The molecule has 11 heteroatoms. The minimum Gasteiger partial charge on any atom is -0.484 e. The lowest BCUT2D eigenvalue weighted by Crippen LogP contribution is -2.30. The van der Waals surface area contributed by atoms with Gasteiger partial charge in [0.15, 0.2) is 6.61 Å². The van der Waals surface area contributed by atoms with Crippen LogP contribution in [0.3, 0.4) is 0 Å². The van der Waals surface area contributed by atoms with Crippen molar-refractivity contribution in [3.05, 3.63) is 53.6 Å². The Labute approximate surface area is 176 Å². The van der Waals surface area contributed by atoms with Crippen LogP contribution in [-0.4, -0.2) is 35.4 Å². The summed E-state index contributed by atoms with van der Waals surface area (Å²) in [5.41, 5.74) is 1.27. The van der Waals surface area contributed by atoms with E-state index in [9.17, 15) is 21.6 Å². The molecular formula is C19H25N3O6S2. The summed E-state index contributed by atoms with van der Waals surface area (Å²) in [4.78, 5) is 12.1. The van der Waals surface area contributed by atoms with Gasteiger partial charge in [-0.25, -0.2) is 26.7 Å². The van der Waals surface area contributed by atoms with Crippen LogP contribution in [0.2, 0.25) is 0 Å². The average Bonchev–Trinajstić information content (AvgIpc) is 2.64. The molecule has 0 aliphatic carbocycles. The Morgan fingerprint density at radius 2 is 1.63 bits per heavy atom. The number of carbonyl (C=O) groups is 1. The Hall–Kier alpha value is -2.47. The van der Waals surface area contributed by atoms with E-state index >= 15 is 0 Å². The third-order valence-electron chi connectivity index (χ3n) is 3.95. The molecule has 0 unspecified atom stereocenters. The van der Waals surface area contributed by atoms with Crippen LogP contribution in [0.5, 0.6) is 5.75 Å². The van der Waals surface area contributed by atoms with Crippen molar-refractivity contribution >= 4 is 26.0 Å². The minimum absolute atomic E-state index is 0.00885. The maximum Gasteiger partial charge on any atom is 0.258 e. The molecule has 2 rings (SSSR count). The summed E-state index contributed by atoms with van der Waals surface area (Å²) in [6.45, 7) is 5.08. The summed E-state index contributed by atoms with van der Waals surface area (Å²) in [6.07, 6.45) is 0. The molecule has 30 heavy (non-hydrogen) atoms. The van der Waals surface area contributed by atoms with Crippen LogP contribution in [0.25, 0.3) is 0 Å². The van der Waals surface area contributed by atoms with E-state index < -0.39 is 20.0 Å². The number of sulfonamides is 2. The molecule has 0 aliphatic rings. The predicted octanol–water partition coefficient (Wildman–Crippen LogP) is 1.02. The molecule has 0 spiro atoms. The fourth-order valence-corrected chi connectivity index (χ4v) is 4.37. The summed E-state index contributed by atoms with van der Waals surface area (Å²) in [5, 5.41) is 7.69. The highest BCUT2D eigenvalue weighted by Crippen LogP contribution is 2.22. The van der Waals surface area contributed by atoms with Crippen LogP contribution in [0, 0.1) is 6.92 Å². The zero-order chi connectivity index (χ0) is 22.5. The van der Waals surface area contributed by atoms with Crippen LogP contribution in [0.4, 0.5) is 0 Å². The molecule has 9 nitrogen and oxygen atoms in total. The molecule has 2 aromatic carbocycles. The fourth-order valence-electron chi connectivity index (χ4n) is 2.52. The number of carbonyl (C=O) groups excluding carboxylic acids is 1. The first-order valence-electron chi connectivity index (χ1n) is 9.03. The zero-order valence-corrected chi connectivity index (χ0v) is 18.5. The highest BCUT2D eigenvalue weighted by molar-refractivity contribution is 7.89. The van der Waals surface area contributed by atoms with Crippen molar-refractivity contribution < 1.29 is 26.4 Å². The lowest BCUT2D eigenvalue weighted by Gasteiger charge is -2.13. The number of primary sulfonamides is 1. The van der Waals surface area contributed by atoms with E-state index in [1.165, 1.54) is 30.3 Å². The maximum absolute atomic E-state index is 12.2. The lowest BCUT2D eigenvalue weighted by molar-refractivity contribution is -0.123. The Bertz CT molecular complexity index is 1110. The number of nitrogens with two attached hydrogens (primary N) is 1. The molecule has 0 atom stereocenters. The number of ether oxygens (including phenoxy) is 1. The largest absolute Gasteiger partial charge is 0.484 e. The quantitative estimate of drug-likeness (QED) is 0.515. The number of amides is 1. The van der Waals surface area contributed by atoms with Gasteiger partial charge in [0.1, 0.15) is 5.75 Å². The second kappa shape index (κ2) is 9.56. The van der Waals surface area contributed by atoms with Gasteiger partial charge in [0.25, 0.3) is 5.91 Å². The Kier molecular flexibility index (Phi) is 7.59. The summed E-state index contributed by atoms with van der Waals surface area (Å²) in [5.74, 6) is 0.00856. The van der Waals surface area contributed by atoms with Crippen LogP contribution >= 0.6 is 0 Å². The Balaban J connectivity index is 1.92. The van der Waals surface area contributed by atoms with Gasteiger partial charge in [0.05, 0.1) is 9.79 Å². The second-order valence-electron chi connectivity index (χ2n) is 6.96. The van der Waals surface area contributed by atoms with Crippen LogP contribution in [0.15, 0.2) is 52.3 Å². The number of aryl methyl sites for hydroxylation is 1. The van der Waals surface area contributed by atoms with Crippen molar-refractivity contribution in [2.75, 3.05) is 6.61 Å². The first kappa shape index (κ1) is 23.8. The van der Waals surface area contributed by atoms with Crippen molar-refractivity contribution in [1.29, 1.82) is 0 Å². The molecule has 164 valence electrons. The summed E-state index contributed by atoms with van der Waals surface area (Å²) >= 11 is 0. The van der Waals surface area contributed by atoms with Gasteiger partial charge in [0, 0.05) is 12.6 Å². The van der Waals surface area contributed by atoms with Crippen molar-refractivity contribution in [2.24, 2.45) is 5.14 Å². The molecular weight excluding hydrogens is 430 g/mol. The molecule has 0 saturated heterocycles. The maximum atomic E-state index is 12.2. The van der Waals surface area contributed by atoms with Crippen molar-refractivity contribution in [3.8, 4) is 5.75 Å². The van der Waals surface area contributed by atoms with E-state index in [-0.39, 0.29) is 34.9 Å². The number of benzene rings is 2. The first-order chi connectivity index (χ1) is 13.9. The topological polar surface area (TPSA) is 145 Å². The molecule has 0 heterocycles. The summed E-state index contributed by atoms with van der Waals surface area (Å²) < 4.78 is 54.9. The summed E-state index contributed by atoms with van der Waals surface area (Å²) in [6, 6.07) is 9.99. The average molecular weight is 456 g/mol. The number of hydrogen-bond acceptors (Lipinski definition) is 6. The molecule has 0 aliphatic heterocycles. The SMILES string of the molecule is Cc1cc(S(=O)(=O)NC(C)C)ccc1OCC(=O)NCc1ccc(S(N)(=O)=O)cc1. The highest BCUT2D eigenvalue weighted by atomic mass is 32.2. The Morgan fingerprint density at radius 3 is 2.17 bits per heavy atom. The van der Waals surface area contributed by atoms with Gasteiger partial charge in [-0.05, 0) is 62.2 Å². The number of nitrogens with one attached hydrogen (secondary N) is 2. The van der Waals surface area contributed by atoms with Gasteiger partial charge in [-0.15, -0.1) is 0 Å². The third-order valence-corrected chi connectivity index (χ3v) is 6.53. The van der Waals surface area contributed by atoms with Crippen molar-refractivity contribution in [2.45, 2.75) is 43.1 Å². The van der Waals surface area contributed by atoms with E-state index in [0.717, 1.165) is 0 Å². The van der Waals surface area contributed by atoms with Gasteiger partial charge in [-0.2, -0.15) is 0 Å². The van der Waals surface area contributed by atoms with Crippen LogP contribution in [-0.2, 0) is 31.4 Å². The normalized spacial score (nSPS) is 12.0. The van der Waals surface area contributed by atoms with E-state index in [4.69, 9.17) is 9.88 Å². The van der Waals surface area contributed by atoms with Gasteiger partial charge in [0.2, 0.25) is 20.0 Å². The standard InChI is InChI=1S/C19H25N3O6S2/c1-13(2)22-30(26,27)17-8-9-18(14(3)10-17)28-12-19(23)21-11-15-4-6-16(7-5-15)29(20,24)25/h4-10,13,22H,11-12H2,1-3H3,(H,21,23)(H2,20,24,25). The molecule has 0 radical (unpaired) electrons. The monoisotopic (exact) mass is 455 g/mol. The van der Waals surface area contributed by atoms with Crippen LogP contribution < -0.4 is 19.9 Å². The van der Waals surface area contributed by atoms with Gasteiger partial charge >= 0.3 is 0 Å². The van der Waals surface area contributed by atoms with Gasteiger partial charge in [-0.3, -0.25) is 4.79 Å². The lowest BCUT2D eigenvalue weighted by atomic mass is 10.2. The van der Waals surface area contributed by atoms with Crippen LogP contribution in [0.1, 0.15) is 25.0 Å². The second-order valence-corrected chi connectivity index (χ2v) is 10.2. The molecule has 0 fully saturated rings. The van der Waals surface area contributed by atoms with Gasteiger partial charge < -0.3 is 10.1 Å². The van der Waals surface area contributed by atoms with E-state index in [2.05, 4.69) is 10.0 Å². The number of hydrogen-bond donors (Lipinski definition) is 3. The predicted molar refractivity (Wildman–Crippen MR) is 112 cm³/mol. The van der Waals surface area contributed by atoms with E-state index in [0.29, 0.717) is 16.9 Å². The molecule has 1 amide bonds. The van der Waals surface area contributed by atoms with Gasteiger partial charge in [-0.1, -0.05) is 12.1 Å². The Morgan fingerprint density at radius 1 is 1.03 bits per heavy atom. The third kappa shape index (κ3) is 6.80. The number of rotatable bonds is 9.